The van der Waals surface area contributed by atoms with E-state index >= 15 is 0 Å². The highest BCUT2D eigenvalue weighted by atomic mass is 35.5. The van der Waals surface area contributed by atoms with Crippen molar-refractivity contribution in [3.05, 3.63) is 118 Å². The van der Waals surface area contributed by atoms with Crippen LogP contribution in [0.3, 0.4) is 0 Å². The fraction of sp³-hybridized carbons (Fsp3) is 0.179. The van der Waals surface area contributed by atoms with E-state index in [4.69, 9.17) is 11.6 Å². The molecular formula is C28H26ClN3O. The smallest absolute Gasteiger partial charge is 0.318 e. The van der Waals surface area contributed by atoms with E-state index in [-0.39, 0.29) is 12.1 Å². The van der Waals surface area contributed by atoms with Crippen LogP contribution in [0.25, 0.3) is 5.69 Å². The molecule has 0 fully saturated rings. The fourth-order valence-electron chi connectivity index (χ4n) is 4.56. The number of para-hydroxylation sites is 1. The minimum atomic E-state index is -0.238. The van der Waals surface area contributed by atoms with Gasteiger partial charge in [-0.3, -0.25) is 0 Å². The summed E-state index contributed by atoms with van der Waals surface area (Å²) in [5, 5.41) is 3.75. The lowest BCUT2D eigenvalue weighted by atomic mass is 10.00. The molecule has 5 rings (SSSR count). The molecule has 1 atom stereocenters. The molecule has 0 saturated carbocycles. The van der Waals surface area contributed by atoms with Crippen molar-refractivity contribution in [1.82, 2.24) is 9.47 Å². The summed E-state index contributed by atoms with van der Waals surface area (Å²) in [4.78, 5) is 15.7. The van der Waals surface area contributed by atoms with Crippen molar-refractivity contribution < 1.29 is 4.79 Å². The van der Waals surface area contributed by atoms with Crippen LogP contribution in [0.4, 0.5) is 10.5 Å². The third kappa shape index (κ3) is 3.91. The van der Waals surface area contributed by atoms with Crippen LogP contribution in [0, 0.1) is 6.92 Å². The van der Waals surface area contributed by atoms with Crippen molar-refractivity contribution in [3.8, 4) is 5.69 Å². The van der Waals surface area contributed by atoms with Crippen molar-refractivity contribution in [2.45, 2.75) is 32.9 Å². The number of amides is 2. The summed E-state index contributed by atoms with van der Waals surface area (Å²) in [5.41, 5.74) is 7.19. The fourth-order valence-corrected chi connectivity index (χ4v) is 4.73. The number of hydrogen-bond acceptors (Lipinski definition) is 1. The first-order chi connectivity index (χ1) is 16.1. The molecule has 0 aliphatic carbocycles. The van der Waals surface area contributed by atoms with E-state index in [1.54, 1.807) is 0 Å². The van der Waals surface area contributed by atoms with Crippen molar-refractivity contribution in [3.63, 3.8) is 0 Å². The first kappa shape index (κ1) is 21.4. The third-order valence-corrected chi connectivity index (χ3v) is 6.85. The van der Waals surface area contributed by atoms with Crippen LogP contribution in [0.2, 0.25) is 5.02 Å². The average molecular weight is 456 g/mol. The van der Waals surface area contributed by atoms with Crippen molar-refractivity contribution in [2.75, 3.05) is 5.32 Å². The lowest BCUT2D eigenvalue weighted by molar-refractivity contribution is 0.194. The monoisotopic (exact) mass is 455 g/mol. The topological polar surface area (TPSA) is 37.3 Å². The van der Waals surface area contributed by atoms with E-state index in [1.807, 2.05) is 48.2 Å². The zero-order chi connectivity index (χ0) is 22.9. The van der Waals surface area contributed by atoms with Crippen LogP contribution in [0.1, 0.15) is 40.9 Å². The minimum absolute atomic E-state index is 0.158. The van der Waals surface area contributed by atoms with Crippen LogP contribution < -0.4 is 5.32 Å². The summed E-state index contributed by atoms with van der Waals surface area (Å²) in [6.07, 6.45) is 3.05. The Morgan fingerprint density at radius 3 is 2.58 bits per heavy atom. The van der Waals surface area contributed by atoms with Crippen LogP contribution in [0.15, 0.2) is 85.1 Å². The first-order valence-electron chi connectivity index (χ1n) is 11.2. The number of hydrogen-bond donors (Lipinski definition) is 1. The number of rotatable bonds is 3. The maximum absolute atomic E-state index is 13.8. The number of urea groups is 1. The Morgan fingerprint density at radius 2 is 1.79 bits per heavy atom. The van der Waals surface area contributed by atoms with Gasteiger partial charge in [-0.2, -0.15) is 0 Å². The number of nitrogens with one attached hydrogen (secondary N) is 1. The van der Waals surface area contributed by atoms with E-state index in [0.29, 0.717) is 11.6 Å². The van der Waals surface area contributed by atoms with Gasteiger partial charge in [0.05, 0.1) is 18.3 Å². The quantitative estimate of drug-likeness (QED) is 0.350. The van der Waals surface area contributed by atoms with E-state index < -0.39 is 0 Å². The molecule has 166 valence electrons. The van der Waals surface area contributed by atoms with Gasteiger partial charge in [-0.05, 0) is 65.9 Å². The molecule has 1 N–H and O–H groups in total. The molecule has 0 saturated heterocycles. The SMILES string of the molecule is CCc1ccc([C@H]2c3cccn3-c3ccccc3CN2C(=O)Nc2cccc(Cl)c2C)cc1. The largest absolute Gasteiger partial charge is 0.322 e. The predicted molar refractivity (Wildman–Crippen MR) is 134 cm³/mol. The number of halogens is 1. The predicted octanol–water partition coefficient (Wildman–Crippen LogP) is 7.14. The number of anilines is 1. The molecule has 2 amide bonds. The molecule has 4 nitrogen and oxygen atoms in total. The number of aryl methyl sites for hydroxylation is 1. The Bertz CT molecular complexity index is 1310. The first-order valence-corrected chi connectivity index (χ1v) is 11.6. The van der Waals surface area contributed by atoms with E-state index in [1.165, 1.54) is 5.56 Å². The number of fused-ring (bicyclic) bond motifs is 3. The van der Waals surface area contributed by atoms with Crippen molar-refractivity contribution in [1.29, 1.82) is 0 Å². The maximum Gasteiger partial charge on any atom is 0.322 e. The molecule has 2 heterocycles. The van der Waals surface area contributed by atoms with Crippen LogP contribution in [-0.4, -0.2) is 15.5 Å². The standard InChI is InChI=1S/C28H26ClN3O/c1-3-20-13-15-21(16-14-20)27-26-12-7-17-31(26)25-11-5-4-8-22(25)18-32(27)28(33)30-24-10-6-9-23(29)19(24)2/h4-17,27H,3,18H2,1-2H3,(H,30,33)/t27-/m0/s1. The van der Waals surface area contributed by atoms with Gasteiger partial charge in [0.25, 0.3) is 0 Å². The Hall–Kier alpha value is -3.50. The second-order valence-electron chi connectivity index (χ2n) is 8.40. The highest BCUT2D eigenvalue weighted by Crippen LogP contribution is 2.37. The molecule has 0 bridgehead atoms. The summed E-state index contributed by atoms with van der Waals surface area (Å²) < 4.78 is 2.20. The molecule has 1 aliphatic heterocycles. The summed E-state index contributed by atoms with van der Waals surface area (Å²) in [6, 6.07) is 26.2. The van der Waals surface area contributed by atoms with Gasteiger partial charge in [0.2, 0.25) is 0 Å². The molecule has 3 aromatic carbocycles. The van der Waals surface area contributed by atoms with Crippen LogP contribution in [-0.2, 0) is 13.0 Å². The number of carbonyl (C=O) groups excluding carboxylic acids is 1. The highest BCUT2D eigenvalue weighted by molar-refractivity contribution is 6.31. The van der Waals surface area contributed by atoms with Crippen LogP contribution in [0.5, 0.6) is 0 Å². The molecule has 5 heteroatoms. The summed E-state index contributed by atoms with van der Waals surface area (Å²) in [6.45, 7) is 4.56. The molecule has 33 heavy (non-hydrogen) atoms. The molecule has 0 radical (unpaired) electrons. The molecule has 1 aromatic heterocycles. The Kier molecular flexibility index (Phi) is 5.69. The summed E-state index contributed by atoms with van der Waals surface area (Å²) in [7, 11) is 0. The zero-order valence-corrected chi connectivity index (χ0v) is 19.5. The molecule has 4 aromatic rings. The second kappa shape index (κ2) is 8.80. The molecule has 0 unspecified atom stereocenters. The Labute approximate surface area is 199 Å². The lowest BCUT2D eigenvalue weighted by Crippen LogP contribution is -2.38. The van der Waals surface area contributed by atoms with E-state index in [0.717, 1.165) is 40.2 Å². The summed E-state index contributed by atoms with van der Waals surface area (Å²) in [5.74, 6) is 0. The summed E-state index contributed by atoms with van der Waals surface area (Å²) >= 11 is 6.31. The van der Waals surface area contributed by atoms with Gasteiger partial charge in [0, 0.05) is 22.6 Å². The van der Waals surface area contributed by atoms with Crippen LogP contribution >= 0.6 is 11.6 Å². The van der Waals surface area contributed by atoms with Gasteiger partial charge >= 0.3 is 6.03 Å². The Morgan fingerprint density at radius 1 is 1.00 bits per heavy atom. The highest BCUT2D eigenvalue weighted by Gasteiger charge is 2.33. The Balaban J connectivity index is 1.63. The molecule has 1 aliphatic rings. The minimum Gasteiger partial charge on any atom is -0.318 e. The number of carbonyl (C=O) groups is 1. The molecule has 0 spiro atoms. The second-order valence-corrected chi connectivity index (χ2v) is 8.81. The number of aromatic nitrogens is 1. The molecular weight excluding hydrogens is 430 g/mol. The lowest BCUT2D eigenvalue weighted by Gasteiger charge is -2.31. The van der Waals surface area contributed by atoms with E-state index in [2.05, 4.69) is 65.5 Å². The zero-order valence-electron chi connectivity index (χ0n) is 18.8. The van der Waals surface area contributed by atoms with Crippen molar-refractivity contribution >= 4 is 23.3 Å². The van der Waals surface area contributed by atoms with Gasteiger partial charge in [0.1, 0.15) is 0 Å². The normalized spacial score (nSPS) is 14.9. The van der Waals surface area contributed by atoms with Gasteiger partial charge in [-0.1, -0.05) is 67.1 Å². The number of benzene rings is 3. The third-order valence-electron chi connectivity index (χ3n) is 6.44. The average Bonchev–Trinajstić information content (AvgIpc) is 3.26. The van der Waals surface area contributed by atoms with Gasteiger partial charge in [-0.25, -0.2) is 4.79 Å². The van der Waals surface area contributed by atoms with Gasteiger partial charge in [-0.15, -0.1) is 0 Å². The van der Waals surface area contributed by atoms with E-state index in [9.17, 15) is 4.79 Å². The van der Waals surface area contributed by atoms with Gasteiger partial charge < -0.3 is 14.8 Å². The van der Waals surface area contributed by atoms with Crippen molar-refractivity contribution in [2.24, 2.45) is 0 Å². The van der Waals surface area contributed by atoms with Gasteiger partial charge in [0.15, 0.2) is 0 Å². The maximum atomic E-state index is 13.8. The number of nitrogens with zero attached hydrogens (tertiary/aromatic N) is 2.